The zero-order valence-corrected chi connectivity index (χ0v) is 11.5. The van der Waals surface area contributed by atoms with Crippen LogP contribution in [0.15, 0.2) is 12.3 Å². The molecule has 5 nitrogen and oxygen atoms in total. The Kier molecular flexibility index (Phi) is 3.56. The highest BCUT2D eigenvalue weighted by atomic mass is 19.1. The second kappa shape index (κ2) is 5.36. The number of carbonyl (C=O) groups excluding carboxylic acids is 1. The lowest BCUT2D eigenvalue weighted by Crippen LogP contribution is -2.42. The van der Waals surface area contributed by atoms with Crippen molar-refractivity contribution < 1.29 is 9.18 Å². The Bertz CT molecular complexity index is 522. The highest BCUT2D eigenvalue weighted by Crippen LogP contribution is 2.28. The van der Waals surface area contributed by atoms with Gasteiger partial charge in [-0.25, -0.2) is 9.37 Å². The molecule has 2 N–H and O–H groups in total. The van der Waals surface area contributed by atoms with Gasteiger partial charge in [0.2, 0.25) is 0 Å². The average molecular weight is 278 g/mol. The third-order valence-corrected chi connectivity index (χ3v) is 4.26. The van der Waals surface area contributed by atoms with Gasteiger partial charge in [0.1, 0.15) is 11.6 Å². The molecule has 6 heteroatoms. The first-order chi connectivity index (χ1) is 9.69. The van der Waals surface area contributed by atoms with E-state index in [0.29, 0.717) is 11.9 Å². The number of halogens is 1. The topological polar surface area (TPSA) is 57.3 Å². The summed E-state index contributed by atoms with van der Waals surface area (Å²) in [4.78, 5) is 18.7. The van der Waals surface area contributed by atoms with Crippen molar-refractivity contribution in [3.05, 3.63) is 23.6 Å². The molecule has 2 aliphatic rings. The van der Waals surface area contributed by atoms with E-state index in [-0.39, 0.29) is 17.5 Å². The molecule has 2 atom stereocenters. The van der Waals surface area contributed by atoms with Crippen molar-refractivity contribution in [2.45, 2.75) is 31.3 Å². The number of carbonyl (C=O) groups is 1. The van der Waals surface area contributed by atoms with Crippen LogP contribution in [0.3, 0.4) is 0 Å². The summed E-state index contributed by atoms with van der Waals surface area (Å²) in [6, 6.07) is 1.84. The van der Waals surface area contributed by atoms with Gasteiger partial charge in [-0.2, -0.15) is 0 Å². The van der Waals surface area contributed by atoms with Gasteiger partial charge >= 0.3 is 0 Å². The molecular weight excluding hydrogens is 259 g/mol. The number of nitrogens with zero attached hydrogens (tertiary/aromatic N) is 2. The van der Waals surface area contributed by atoms with Crippen LogP contribution in [0.1, 0.15) is 29.6 Å². The van der Waals surface area contributed by atoms with E-state index in [1.165, 1.54) is 12.5 Å². The van der Waals surface area contributed by atoms with E-state index in [2.05, 4.69) is 20.5 Å². The summed E-state index contributed by atoms with van der Waals surface area (Å²) in [6.07, 6.45) is 4.40. The summed E-state index contributed by atoms with van der Waals surface area (Å²) in [6.45, 7) is 2.16. The molecule has 2 saturated heterocycles. The number of amides is 1. The number of aromatic nitrogens is 1. The van der Waals surface area contributed by atoms with E-state index in [4.69, 9.17) is 0 Å². The Morgan fingerprint density at radius 1 is 1.45 bits per heavy atom. The first-order valence-corrected chi connectivity index (χ1v) is 7.07. The van der Waals surface area contributed by atoms with Crippen LogP contribution < -0.4 is 10.6 Å². The zero-order valence-electron chi connectivity index (χ0n) is 11.5. The van der Waals surface area contributed by atoms with Crippen LogP contribution in [-0.2, 0) is 0 Å². The van der Waals surface area contributed by atoms with Gasteiger partial charge in [-0.05, 0) is 31.9 Å². The van der Waals surface area contributed by atoms with Gasteiger partial charge in [-0.1, -0.05) is 0 Å². The third kappa shape index (κ3) is 2.35. The van der Waals surface area contributed by atoms with E-state index in [9.17, 15) is 9.18 Å². The van der Waals surface area contributed by atoms with E-state index in [0.717, 1.165) is 32.1 Å². The summed E-state index contributed by atoms with van der Waals surface area (Å²) in [5.74, 6) is -0.340. The van der Waals surface area contributed by atoms with E-state index < -0.39 is 5.82 Å². The predicted octanol–water partition coefficient (Wildman–Crippen LogP) is 1.23. The maximum Gasteiger partial charge on any atom is 0.255 e. The van der Waals surface area contributed by atoms with Crippen LogP contribution in [0, 0.1) is 5.82 Å². The quantitative estimate of drug-likeness (QED) is 0.873. The Morgan fingerprint density at radius 3 is 3.10 bits per heavy atom. The number of hydrogen-bond acceptors (Lipinski definition) is 4. The number of fused-ring (bicyclic) bond motifs is 1. The van der Waals surface area contributed by atoms with Crippen molar-refractivity contribution >= 4 is 11.7 Å². The standard InChI is InChI=1S/C14H19FN4O/c1-16-13-10(7-9(15)8-17-13)14(20)18-11-4-6-19-5-2-3-12(11)19/h7-8,11-12H,2-6H2,1H3,(H,16,17)(H,18,20). The van der Waals surface area contributed by atoms with Crippen LogP contribution in [0.2, 0.25) is 0 Å². The zero-order chi connectivity index (χ0) is 14.1. The maximum absolute atomic E-state index is 13.3. The molecule has 0 aromatic carbocycles. The summed E-state index contributed by atoms with van der Waals surface area (Å²) < 4.78 is 13.3. The Balaban J connectivity index is 1.75. The SMILES string of the molecule is CNc1ncc(F)cc1C(=O)NC1CCN2CCCC12. The van der Waals surface area contributed by atoms with Crippen LogP contribution in [0.4, 0.5) is 10.2 Å². The van der Waals surface area contributed by atoms with Crippen molar-refractivity contribution in [1.29, 1.82) is 0 Å². The van der Waals surface area contributed by atoms with E-state index in [1.807, 2.05) is 0 Å². The molecule has 1 aromatic rings. The molecule has 20 heavy (non-hydrogen) atoms. The lowest BCUT2D eigenvalue weighted by atomic mass is 10.1. The minimum atomic E-state index is -0.497. The second-order valence-corrected chi connectivity index (χ2v) is 5.41. The lowest BCUT2D eigenvalue weighted by Gasteiger charge is -2.21. The third-order valence-electron chi connectivity index (χ3n) is 4.26. The molecular formula is C14H19FN4O. The van der Waals surface area contributed by atoms with E-state index >= 15 is 0 Å². The first kappa shape index (κ1) is 13.3. The molecule has 0 radical (unpaired) electrons. The molecule has 0 saturated carbocycles. The Labute approximate surface area is 117 Å². The van der Waals surface area contributed by atoms with Crippen molar-refractivity contribution in [2.75, 3.05) is 25.5 Å². The van der Waals surface area contributed by atoms with Gasteiger partial charge in [0, 0.05) is 25.7 Å². The van der Waals surface area contributed by atoms with Gasteiger partial charge in [0.15, 0.2) is 0 Å². The summed E-state index contributed by atoms with van der Waals surface area (Å²) >= 11 is 0. The molecule has 1 aromatic heterocycles. The monoisotopic (exact) mass is 278 g/mol. The fourth-order valence-corrected chi connectivity index (χ4v) is 3.31. The molecule has 2 fully saturated rings. The van der Waals surface area contributed by atoms with Crippen LogP contribution in [-0.4, -0.2) is 48.0 Å². The molecule has 0 aliphatic carbocycles. The van der Waals surface area contributed by atoms with Crippen molar-refractivity contribution in [2.24, 2.45) is 0 Å². The number of pyridine rings is 1. The molecule has 1 amide bonds. The van der Waals surface area contributed by atoms with Crippen LogP contribution >= 0.6 is 0 Å². The second-order valence-electron chi connectivity index (χ2n) is 5.41. The fraction of sp³-hybridized carbons (Fsp3) is 0.571. The minimum Gasteiger partial charge on any atom is -0.372 e. The Hall–Kier alpha value is -1.69. The van der Waals surface area contributed by atoms with Gasteiger partial charge in [-0.15, -0.1) is 0 Å². The van der Waals surface area contributed by atoms with Gasteiger partial charge in [-0.3, -0.25) is 9.69 Å². The highest BCUT2D eigenvalue weighted by Gasteiger charge is 2.38. The summed E-state index contributed by atoms with van der Waals surface area (Å²) in [5, 5.41) is 5.87. The van der Waals surface area contributed by atoms with Crippen molar-refractivity contribution in [3.63, 3.8) is 0 Å². The predicted molar refractivity (Wildman–Crippen MR) is 74.2 cm³/mol. The normalized spacial score (nSPS) is 25.5. The highest BCUT2D eigenvalue weighted by molar-refractivity contribution is 5.98. The fourth-order valence-electron chi connectivity index (χ4n) is 3.31. The van der Waals surface area contributed by atoms with Crippen LogP contribution in [0.5, 0.6) is 0 Å². The average Bonchev–Trinajstić information content (AvgIpc) is 3.03. The largest absolute Gasteiger partial charge is 0.372 e. The summed E-state index contributed by atoms with van der Waals surface area (Å²) in [5.41, 5.74) is 0.268. The summed E-state index contributed by atoms with van der Waals surface area (Å²) in [7, 11) is 1.67. The molecule has 0 bridgehead atoms. The molecule has 0 spiro atoms. The van der Waals surface area contributed by atoms with Gasteiger partial charge in [0.05, 0.1) is 11.8 Å². The number of rotatable bonds is 3. The molecule has 3 rings (SSSR count). The van der Waals surface area contributed by atoms with Crippen molar-refractivity contribution in [1.82, 2.24) is 15.2 Å². The smallest absolute Gasteiger partial charge is 0.255 e. The van der Waals surface area contributed by atoms with Crippen molar-refractivity contribution in [3.8, 4) is 0 Å². The molecule has 3 heterocycles. The molecule has 2 unspecified atom stereocenters. The Morgan fingerprint density at radius 2 is 2.30 bits per heavy atom. The first-order valence-electron chi connectivity index (χ1n) is 7.07. The van der Waals surface area contributed by atoms with Gasteiger partial charge < -0.3 is 10.6 Å². The van der Waals surface area contributed by atoms with E-state index in [1.54, 1.807) is 7.05 Å². The number of hydrogen-bond donors (Lipinski definition) is 2. The number of nitrogens with one attached hydrogen (secondary N) is 2. The van der Waals surface area contributed by atoms with Gasteiger partial charge in [0.25, 0.3) is 5.91 Å². The number of anilines is 1. The minimum absolute atomic E-state index is 0.165. The molecule has 2 aliphatic heterocycles. The lowest BCUT2D eigenvalue weighted by molar-refractivity contribution is 0.0929. The van der Waals surface area contributed by atoms with Crippen LogP contribution in [0.25, 0.3) is 0 Å². The molecule has 108 valence electrons. The maximum atomic E-state index is 13.3.